The average Bonchev–Trinajstić information content (AvgIpc) is 3.16. The molecule has 0 aliphatic rings. The van der Waals surface area contributed by atoms with E-state index < -0.39 is 11.9 Å². The van der Waals surface area contributed by atoms with Crippen molar-refractivity contribution in [3.05, 3.63) is 59.2 Å². The molecule has 122 valence electrons. The zero-order valence-electron chi connectivity index (χ0n) is 12.6. The maximum absolute atomic E-state index is 13.4. The van der Waals surface area contributed by atoms with Crippen molar-refractivity contribution in [2.75, 3.05) is 0 Å². The van der Waals surface area contributed by atoms with Gasteiger partial charge in [-0.3, -0.25) is 5.10 Å². The van der Waals surface area contributed by atoms with E-state index in [9.17, 15) is 13.2 Å². The number of aromatic nitrogens is 4. The Balaban J connectivity index is 2.10. The number of benzene rings is 1. The fourth-order valence-electron chi connectivity index (χ4n) is 2.57. The predicted molar refractivity (Wildman–Crippen MR) is 79.8 cm³/mol. The zero-order valence-corrected chi connectivity index (χ0v) is 12.6. The third kappa shape index (κ3) is 2.88. The van der Waals surface area contributed by atoms with Crippen LogP contribution in [0.5, 0.6) is 0 Å². The monoisotopic (exact) mass is 331 g/mol. The molecule has 0 atom stereocenters. The van der Waals surface area contributed by atoms with Gasteiger partial charge in [-0.05, 0) is 30.7 Å². The van der Waals surface area contributed by atoms with E-state index in [4.69, 9.17) is 5.26 Å². The third-order valence-electron chi connectivity index (χ3n) is 3.78. The lowest BCUT2D eigenvalue weighted by Gasteiger charge is -2.12. The van der Waals surface area contributed by atoms with Crippen LogP contribution in [0.2, 0.25) is 0 Å². The fraction of sp³-hybridized carbons (Fsp3) is 0.188. The predicted octanol–water partition coefficient (Wildman–Crippen LogP) is 3.52. The van der Waals surface area contributed by atoms with Crippen molar-refractivity contribution in [2.45, 2.75) is 19.6 Å². The second-order valence-electron chi connectivity index (χ2n) is 5.28. The van der Waals surface area contributed by atoms with Gasteiger partial charge < -0.3 is 4.57 Å². The van der Waals surface area contributed by atoms with E-state index in [0.29, 0.717) is 28.1 Å². The van der Waals surface area contributed by atoms with E-state index >= 15 is 0 Å². The van der Waals surface area contributed by atoms with Crippen molar-refractivity contribution >= 4 is 0 Å². The number of alkyl halides is 3. The molecular weight excluding hydrogens is 319 g/mol. The summed E-state index contributed by atoms with van der Waals surface area (Å²) in [5.41, 5.74) is 1.76. The number of hydrogen-bond donors (Lipinski definition) is 1. The molecule has 0 radical (unpaired) electrons. The molecule has 8 heteroatoms. The van der Waals surface area contributed by atoms with Crippen LogP contribution in [0, 0.1) is 18.3 Å². The van der Waals surface area contributed by atoms with Gasteiger partial charge in [0, 0.05) is 11.3 Å². The molecule has 3 aromatic rings. The first kappa shape index (κ1) is 15.8. The lowest BCUT2D eigenvalue weighted by molar-refractivity contribution is -0.143. The Labute approximate surface area is 135 Å². The van der Waals surface area contributed by atoms with E-state index in [0.717, 1.165) is 6.07 Å². The molecule has 1 N–H and O–H groups in total. The van der Waals surface area contributed by atoms with Gasteiger partial charge in [-0.1, -0.05) is 17.3 Å². The Morgan fingerprint density at radius 3 is 2.50 bits per heavy atom. The molecule has 24 heavy (non-hydrogen) atoms. The molecule has 0 amide bonds. The number of nitriles is 1. The first-order chi connectivity index (χ1) is 11.4. The fourth-order valence-corrected chi connectivity index (χ4v) is 2.57. The maximum atomic E-state index is 13.4. The summed E-state index contributed by atoms with van der Waals surface area (Å²) in [5.74, 6) is 0. The van der Waals surface area contributed by atoms with Crippen LogP contribution in [0.4, 0.5) is 13.2 Å². The molecule has 0 saturated carbocycles. The summed E-state index contributed by atoms with van der Waals surface area (Å²) in [6.07, 6.45) is -3.09. The van der Waals surface area contributed by atoms with Crippen LogP contribution in [0.1, 0.15) is 22.6 Å². The van der Waals surface area contributed by atoms with Crippen molar-refractivity contribution < 1.29 is 13.2 Å². The van der Waals surface area contributed by atoms with Crippen molar-refractivity contribution in [3.63, 3.8) is 0 Å². The van der Waals surface area contributed by atoms with Gasteiger partial charge in [-0.2, -0.15) is 18.4 Å². The Morgan fingerprint density at radius 1 is 1.25 bits per heavy atom. The van der Waals surface area contributed by atoms with Crippen molar-refractivity contribution in [2.24, 2.45) is 0 Å². The molecule has 3 rings (SSSR count). The highest BCUT2D eigenvalue weighted by Gasteiger charge is 2.36. The number of aromatic amines is 1. The Kier molecular flexibility index (Phi) is 3.85. The van der Waals surface area contributed by atoms with Crippen molar-refractivity contribution in [1.82, 2.24) is 20.0 Å². The highest BCUT2D eigenvalue weighted by atomic mass is 19.4. The van der Waals surface area contributed by atoms with Gasteiger partial charge in [0.2, 0.25) is 0 Å². The lowest BCUT2D eigenvalue weighted by atomic mass is 10.0. The molecule has 0 bridgehead atoms. The Bertz CT molecular complexity index is 884. The maximum Gasteiger partial charge on any atom is 0.431 e. The van der Waals surface area contributed by atoms with Crippen LogP contribution in [0.15, 0.2) is 36.5 Å². The second kappa shape index (κ2) is 5.85. The SMILES string of the molecule is Cc1c(-c2ccc(C#N)cc2)cc(C(F)(F)F)n1Cc1cnn[nH]1. The molecule has 0 saturated heterocycles. The van der Waals surface area contributed by atoms with Crippen LogP contribution >= 0.6 is 0 Å². The number of H-pyrrole nitrogens is 1. The summed E-state index contributed by atoms with van der Waals surface area (Å²) in [7, 11) is 0. The summed E-state index contributed by atoms with van der Waals surface area (Å²) in [6, 6.07) is 9.56. The molecule has 2 aromatic heterocycles. The van der Waals surface area contributed by atoms with Crippen LogP contribution in [0.3, 0.4) is 0 Å². The number of nitrogens with zero attached hydrogens (tertiary/aromatic N) is 4. The normalized spacial score (nSPS) is 11.5. The smallest absolute Gasteiger partial charge is 0.335 e. The first-order valence-electron chi connectivity index (χ1n) is 7.03. The average molecular weight is 331 g/mol. The van der Waals surface area contributed by atoms with E-state index in [1.54, 1.807) is 31.2 Å². The van der Waals surface area contributed by atoms with Gasteiger partial charge in [-0.15, -0.1) is 5.10 Å². The zero-order chi connectivity index (χ0) is 17.3. The lowest BCUT2D eigenvalue weighted by Crippen LogP contribution is -2.15. The van der Waals surface area contributed by atoms with Crippen LogP contribution in [-0.2, 0) is 12.7 Å². The molecule has 0 unspecified atom stereocenters. The number of hydrogen-bond acceptors (Lipinski definition) is 3. The summed E-state index contributed by atoms with van der Waals surface area (Å²) < 4.78 is 41.4. The summed E-state index contributed by atoms with van der Waals surface area (Å²) in [5, 5.41) is 18.5. The first-order valence-corrected chi connectivity index (χ1v) is 7.03. The Morgan fingerprint density at radius 2 is 1.96 bits per heavy atom. The van der Waals surface area contributed by atoms with Crippen molar-refractivity contribution in [1.29, 1.82) is 5.26 Å². The molecule has 1 aromatic carbocycles. The van der Waals surface area contributed by atoms with Gasteiger partial charge in [0.05, 0.1) is 30.1 Å². The molecule has 2 heterocycles. The highest BCUT2D eigenvalue weighted by molar-refractivity contribution is 5.68. The highest BCUT2D eigenvalue weighted by Crippen LogP contribution is 2.36. The minimum atomic E-state index is -4.48. The summed E-state index contributed by atoms with van der Waals surface area (Å²) in [4.78, 5) is 0. The van der Waals surface area contributed by atoms with Crippen LogP contribution in [-0.4, -0.2) is 20.0 Å². The molecule has 5 nitrogen and oxygen atoms in total. The van der Waals surface area contributed by atoms with E-state index in [-0.39, 0.29) is 6.54 Å². The number of halogens is 3. The molecule has 0 fully saturated rings. The molecule has 0 aliphatic heterocycles. The summed E-state index contributed by atoms with van der Waals surface area (Å²) in [6.45, 7) is 1.62. The standard InChI is InChI=1S/C16H12F3N5/c1-10-14(12-4-2-11(7-20)3-5-12)6-15(16(17,18)19)24(10)9-13-8-21-23-22-13/h2-6,8H,9H2,1H3,(H,21,22,23). The summed E-state index contributed by atoms with van der Waals surface area (Å²) >= 11 is 0. The van der Waals surface area contributed by atoms with Gasteiger partial charge in [-0.25, -0.2) is 0 Å². The van der Waals surface area contributed by atoms with Crippen LogP contribution in [0.25, 0.3) is 11.1 Å². The van der Waals surface area contributed by atoms with E-state index in [1.807, 2.05) is 6.07 Å². The minimum absolute atomic E-state index is 0.00996. The molecule has 0 aliphatic carbocycles. The molecular formula is C16H12F3N5. The van der Waals surface area contributed by atoms with Crippen LogP contribution < -0.4 is 0 Å². The Hall–Kier alpha value is -3.08. The van der Waals surface area contributed by atoms with Gasteiger partial charge in [0.15, 0.2) is 0 Å². The van der Waals surface area contributed by atoms with Gasteiger partial charge in [0.1, 0.15) is 5.69 Å². The van der Waals surface area contributed by atoms with Gasteiger partial charge >= 0.3 is 6.18 Å². The van der Waals surface area contributed by atoms with E-state index in [1.165, 1.54) is 10.8 Å². The third-order valence-corrected chi connectivity index (χ3v) is 3.78. The molecule has 0 spiro atoms. The van der Waals surface area contributed by atoms with Gasteiger partial charge in [0.25, 0.3) is 0 Å². The second-order valence-corrected chi connectivity index (χ2v) is 5.28. The topological polar surface area (TPSA) is 70.3 Å². The number of nitrogens with one attached hydrogen (secondary N) is 1. The number of rotatable bonds is 3. The largest absolute Gasteiger partial charge is 0.431 e. The van der Waals surface area contributed by atoms with Crippen molar-refractivity contribution in [3.8, 4) is 17.2 Å². The minimum Gasteiger partial charge on any atom is -0.335 e. The quantitative estimate of drug-likeness (QED) is 0.798. The van der Waals surface area contributed by atoms with E-state index in [2.05, 4.69) is 15.4 Å².